The maximum absolute atomic E-state index is 10.8. The fourth-order valence-corrected chi connectivity index (χ4v) is 2.42. The van der Waals surface area contributed by atoms with Crippen LogP contribution in [0.15, 0.2) is 30.6 Å². The molecule has 5 heteroatoms. The van der Waals surface area contributed by atoms with Gasteiger partial charge in [0, 0.05) is 18.3 Å². The zero-order chi connectivity index (χ0) is 13.9. The molecule has 3 heterocycles. The maximum atomic E-state index is 10.8. The number of carbonyl (C=O) groups is 2. The molecule has 100 valence electrons. The normalized spacial score (nSPS) is 13.7. The van der Waals surface area contributed by atoms with Crippen LogP contribution in [0.1, 0.15) is 32.8 Å². The van der Waals surface area contributed by atoms with Gasteiger partial charge < -0.3 is 4.90 Å². The van der Waals surface area contributed by atoms with Crippen molar-refractivity contribution in [3.05, 3.63) is 47.4 Å². The third-order valence-corrected chi connectivity index (χ3v) is 3.39. The number of fused-ring (bicyclic) bond motifs is 1. The van der Waals surface area contributed by atoms with Crippen molar-refractivity contribution < 1.29 is 9.59 Å². The van der Waals surface area contributed by atoms with Crippen LogP contribution in [0, 0.1) is 0 Å². The average Bonchev–Trinajstić information content (AvgIpc) is 2.54. The highest BCUT2D eigenvalue weighted by Gasteiger charge is 2.20. The summed E-state index contributed by atoms with van der Waals surface area (Å²) in [5.74, 6) is 0.863. The maximum Gasteiger partial charge on any atom is 0.168 e. The lowest BCUT2D eigenvalue weighted by Gasteiger charge is -2.29. The monoisotopic (exact) mass is 267 g/mol. The van der Waals surface area contributed by atoms with Gasteiger partial charge in [0.05, 0.1) is 11.9 Å². The summed E-state index contributed by atoms with van der Waals surface area (Å²) in [6.45, 7) is 0.850. The Labute approximate surface area is 116 Å². The SMILES string of the molecule is O=Cc1cnc2c(c1)CCCN2c1ccc(C=O)nc1. The Morgan fingerprint density at radius 1 is 1.10 bits per heavy atom. The molecule has 0 N–H and O–H groups in total. The van der Waals surface area contributed by atoms with Crippen LogP contribution in [0.2, 0.25) is 0 Å². The highest BCUT2D eigenvalue weighted by molar-refractivity contribution is 5.77. The van der Waals surface area contributed by atoms with E-state index in [1.165, 1.54) is 0 Å². The number of pyridine rings is 2. The van der Waals surface area contributed by atoms with E-state index in [1.54, 1.807) is 18.5 Å². The Morgan fingerprint density at radius 2 is 2.00 bits per heavy atom. The van der Waals surface area contributed by atoms with Crippen molar-refractivity contribution in [2.45, 2.75) is 12.8 Å². The molecule has 0 aromatic carbocycles. The molecule has 0 radical (unpaired) electrons. The van der Waals surface area contributed by atoms with Crippen molar-refractivity contribution >= 4 is 24.1 Å². The third-order valence-electron chi connectivity index (χ3n) is 3.39. The van der Waals surface area contributed by atoms with E-state index in [4.69, 9.17) is 0 Å². The zero-order valence-corrected chi connectivity index (χ0v) is 10.8. The summed E-state index contributed by atoms with van der Waals surface area (Å²) in [5.41, 5.74) is 2.98. The molecule has 1 aliphatic rings. The molecule has 20 heavy (non-hydrogen) atoms. The van der Waals surface area contributed by atoms with E-state index in [9.17, 15) is 9.59 Å². The molecule has 0 unspecified atom stereocenters. The van der Waals surface area contributed by atoms with Gasteiger partial charge in [-0.3, -0.25) is 14.6 Å². The standard InChI is InChI=1S/C15H13N3O2/c19-9-11-6-12-2-1-5-18(15(12)17-7-11)14-4-3-13(10-20)16-8-14/h3-4,6-10H,1-2,5H2. The summed E-state index contributed by atoms with van der Waals surface area (Å²) in [7, 11) is 0. The van der Waals surface area contributed by atoms with Gasteiger partial charge in [-0.25, -0.2) is 4.98 Å². The highest BCUT2D eigenvalue weighted by atomic mass is 16.1. The van der Waals surface area contributed by atoms with Crippen molar-refractivity contribution in [1.82, 2.24) is 9.97 Å². The molecule has 0 amide bonds. The van der Waals surface area contributed by atoms with Crippen LogP contribution >= 0.6 is 0 Å². The summed E-state index contributed by atoms with van der Waals surface area (Å²) in [6.07, 6.45) is 6.70. The van der Waals surface area contributed by atoms with Gasteiger partial charge in [0.2, 0.25) is 0 Å². The fourth-order valence-electron chi connectivity index (χ4n) is 2.42. The van der Waals surface area contributed by atoms with Gasteiger partial charge >= 0.3 is 0 Å². The number of aryl methyl sites for hydroxylation is 1. The van der Waals surface area contributed by atoms with Crippen LogP contribution in [-0.2, 0) is 6.42 Å². The topological polar surface area (TPSA) is 63.2 Å². The molecular formula is C15H13N3O2. The Hall–Kier alpha value is -2.56. The molecule has 1 aliphatic heterocycles. The number of aldehydes is 2. The molecule has 2 aromatic heterocycles. The first-order chi connectivity index (χ1) is 9.81. The lowest BCUT2D eigenvalue weighted by molar-refractivity contribution is 0.111. The second-order valence-corrected chi connectivity index (χ2v) is 4.68. The number of hydrogen-bond donors (Lipinski definition) is 0. The fraction of sp³-hybridized carbons (Fsp3) is 0.200. The molecule has 0 saturated carbocycles. The summed E-state index contributed by atoms with van der Waals surface area (Å²) in [4.78, 5) is 32.0. The van der Waals surface area contributed by atoms with Crippen molar-refractivity contribution in [2.24, 2.45) is 0 Å². The van der Waals surface area contributed by atoms with E-state index in [1.807, 2.05) is 12.1 Å². The molecule has 0 saturated heterocycles. The summed E-state index contributed by atoms with van der Waals surface area (Å²) in [6, 6.07) is 5.44. The number of nitrogens with zero attached hydrogens (tertiary/aromatic N) is 3. The largest absolute Gasteiger partial charge is 0.325 e. The predicted molar refractivity (Wildman–Crippen MR) is 74.6 cm³/mol. The van der Waals surface area contributed by atoms with Crippen LogP contribution in [0.5, 0.6) is 0 Å². The number of aromatic nitrogens is 2. The van der Waals surface area contributed by atoms with Crippen LogP contribution in [-0.4, -0.2) is 29.1 Å². The quantitative estimate of drug-likeness (QED) is 0.798. The van der Waals surface area contributed by atoms with Crippen LogP contribution < -0.4 is 4.90 Å². The lowest BCUT2D eigenvalue weighted by Crippen LogP contribution is -2.26. The van der Waals surface area contributed by atoms with E-state index in [-0.39, 0.29) is 0 Å². The second kappa shape index (κ2) is 5.21. The molecule has 3 rings (SSSR count). The van der Waals surface area contributed by atoms with Gasteiger partial charge in [0.1, 0.15) is 11.5 Å². The van der Waals surface area contributed by atoms with Crippen LogP contribution in [0.3, 0.4) is 0 Å². The Bertz CT molecular complexity index is 653. The Balaban J connectivity index is 2.00. The minimum atomic E-state index is 0.412. The first kappa shape index (κ1) is 12.5. The van der Waals surface area contributed by atoms with Crippen molar-refractivity contribution in [3.8, 4) is 0 Å². The van der Waals surface area contributed by atoms with E-state index >= 15 is 0 Å². The van der Waals surface area contributed by atoms with E-state index < -0.39 is 0 Å². The highest BCUT2D eigenvalue weighted by Crippen LogP contribution is 2.31. The molecule has 2 aromatic rings. The van der Waals surface area contributed by atoms with Gasteiger partial charge in [0.25, 0.3) is 0 Å². The summed E-state index contributed by atoms with van der Waals surface area (Å²) in [5, 5.41) is 0. The molecule has 0 spiro atoms. The number of anilines is 2. The summed E-state index contributed by atoms with van der Waals surface area (Å²) >= 11 is 0. The molecule has 0 aliphatic carbocycles. The van der Waals surface area contributed by atoms with E-state index in [2.05, 4.69) is 14.9 Å². The minimum Gasteiger partial charge on any atom is -0.325 e. The smallest absolute Gasteiger partial charge is 0.168 e. The van der Waals surface area contributed by atoms with Gasteiger partial charge in [-0.2, -0.15) is 0 Å². The zero-order valence-electron chi connectivity index (χ0n) is 10.8. The first-order valence-corrected chi connectivity index (χ1v) is 6.44. The average molecular weight is 267 g/mol. The van der Waals surface area contributed by atoms with Gasteiger partial charge in [-0.1, -0.05) is 0 Å². The number of hydrogen-bond acceptors (Lipinski definition) is 5. The summed E-state index contributed by atoms with van der Waals surface area (Å²) < 4.78 is 0. The third kappa shape index (κ3) is 2.18. The van der Waals surface area contributed by atoms with Gasteiger partial charge in [-0.15, -0.1) is 0 Å². The molecule has 0 atom stereocenters. The minimum absolute atomic E-state index is 0.412. The van der Waals surface area contributed by atoms with Crippen molar-refractivity contribution in [3.63, 3.8) is 0 Å². The number of rotatable bonds is 3. The van der Waals surface area contributed by atoms with Gasteiger partial charge in [-0.05, 0) is 36.6 Å². The Morgan fingerprint density at radius 3 is 2.70 bits per heavy atom. The van der Waals surface area contributed by atoms with Crippen molar-refractivity contribution in [1.29, 1.82) is 0 Å². The second-order valence-electron chi connectivity index (χ2n) is 4.68. The Kier molecular flexibility index (Phi) is 3.25. The van der Waals surface area contributed by atoms with Crippen molar-refractivity contribution in [2.75, 3.05) is 11.4 Å². The van der Waals surface area contributed by atoms with Crippen LogP contribution in [0.4, 0.5) is 11.5 Å². The predicted octanol–water partition coefficient (Wildman–Crippen LogP) is 2.19. The number of carbonyl (C=O) groups excluding carboxylic acids is 2. The van der Waals surface area contributed by atoms with Gasteiger partial charge in [0.15, 0.2) is 12.6 Å². The molecule has 5 nitrogen and oxygen atoms in total. The van der Waals surface area contributed by atoms with Crippen LogP contribution in [0.25, 0.3) is 0 Å². The van der Waals surface area contributed by atoms with E-state index in [0.29, 0.717) is 11.3 Å². The molecular weight excluding hydrogens is 254 g/mol. The molecule has 0 bridgehead atoms. The first-order valence-electron chi connectivity index (χ1n) is 6.44. The lowest BCUT2D eigenvalue weighted by atomic mass is 10.0. The molecule has 0 fully saturated rings. The van der Waals surface area contributed by atoms with E-state index in [0.717, 1.165) is 49.0 Å².